The third-order valence-corrected chi connectivity index (χ3v) is 5.33. The monoisotopic (exact) mass is 510 g/mol. The van der Waals surface area contributed by atoms with Gasteiger partial charge in [0.1, 0.15) is 24.0 Å². The van der Waals surface area contributed by atoms with E-state index < -0.39 is 11.9 Å². The molecule has 0 aromatic heterocycles. The topological polar surface area (TPSA) is 99.4 Å². The molecule has 32 heavy (non-hydrogen) atoms. The lowest BCUT2D eigenvalue weighted by Gasteiger charge is -2.10. The van der Waals surface area contributed by atoms with Crippen LogP contribution in [0.25, 0.3) is 6.08 Å². The molecular weight excluding hydrogens is 496 g/mol. The highest BCUT2D eigenvalue weighted by Gasteiger charge is 2.12. The highest BCUT2D eigenvalue weighted by molar-refractivity contribution is 9.10. The van der Waals surface area contributed by atoms with E-state index in [9.17, 15) is 14.9 Å². The summed E-state index contributed by atoms with van der Waals surface area (Å²) < 4.78 is 6.45. The number of nitrogens with one attached hydrogen (secondary N) is 1. The molecule has 3 aromatic rings. The van der Waals surface area contributed by atoms with Crippen LogP contribution in [0.1, 0.15) is 21.5 Å². The molecule has 0 unspecified atom stereocenters. The third-order valence-electron chi connectivity index (χ3n) is 4.34. The lowest BCUT2D eigenvalue weighted by atomic mass is 10.1. The summed E-state index contributed by atoms with van der Waals surface area (Å²) in [4.78, 5) is 23.5. The Balaban J connectivity index is 1.73. The third kappa shape index (κ3) is 5.97. The van der Waals surface area contributed by atoms with Crippen molar-refractivity contribution in [1.82, 2.24) is 0 Å². The number of carbonyl (C=O) groups is 2. The number of carboxylic acid groups (broad SMARTS) is 1. The number of carboxylic acids is 1. The Hall–Kier alpha value is -3.60. The molecule has 1 amide bonds. The molecule has 0 heterocycles. The average Bonchev–Trinajstić information content (AvgIpc) is 2.78. The molecule has 0 spiro atoms. The molecule has 0 saturated heterocycles. The molecule has 2 N–H and O–H groups in total. The minimum absolute atomic E-state index is 0.0293. The van der Waals surface area contributed by atoms with Gasteiger partial charge in [-0.25, -0.2) is 4.79 Å². The summed E-state index contributed by atoms with van der Waals surface area (Å²) in [5.41, 5.74) is 1.62. The fourth-order valence-electron chi connectivity index (χ4n) is 2.74. The van der Waals surface area contributed by atoms with E-state index in [0.29, 0.717) is 20.8 Å². The van der Waals surface area contributed by atoms with E-state index in [1.807, 2.05) is 24.3 Å². The Morgan fingerprint density at radius 2 is 1.91 bits per heavy atom. The number of hydrogen-bond acceptors (Lipinski definition) is 4. The molecule has 0 aliphatic heterocycles. The zero-order valence-corrected chi connectivity index (χ0v) is 18.9. The maximum absolute atomic E-state index is 12.5. The number of anilines is 1. The van der Waals surface area contributed by atoms with Crippen molar-refractivity contribution >= 4 is 51.2 Å². The average molecular weight is 512 g/mol. The summed E-state index contributed by atoms with van der Waals surface area (Å²) in [6.07, 6.45) is 1.43. The molecule has 160 valence electrons. The number of aromatic carboxylic acids is 1. The first-order valence-electron chi connectivity index (χ1n) is 9.29. The van der Waals surface area contributed by atoms with Crippen LogP contribution in [0.3, 0.4) is 0 Å². The second-order valence-corrected chi connectivity index (χ2v) is 7.84. The van der Waals surface area contributed by atoms with E-state index >= 15 is 0 Å². The summed E-state index contributed by atoms with van der Waals surface area (Å²) in [6.45, 7) is 0.286. The minimum atomic E-state index is -1.11. The summed E-state index contributed by atoms with van der Waals surface area (Å²) in [7, 11) is 0. The van der Waals surface area contributed by atoms with Crippen molar-refractivity contribution < 1.29 is 19.4 Å². The first kappa shape index (κ1) is 23.1. The SMILES string of the molecule is N#C/C(=C/c1ccc(OCc2ccccc2Cl)c(Br)c1)C(=O)Nc1cccc(C(=O)O)c1. The number of hydrogen-bond donors (Lipinski definition) is 2. The van der Waals surface area contributed by atoms with Gasteiger partial charge in [-0.2, -0.15) is 5.26 Å². The van der Waals surface area contributed by atoms with Crippen LogP contribution in [-0.4, -0.2) is 17.0 Å². The van der Waals surface area contributed by atoms with Gasteiger partial charge in [-0.05, 0) is 64.0 Å². The lowest BCUT2D eigenvalue weighted by Crippen LogP contribution is -2.13. The zero-order chi connectivity index (χ0) is 23.1. The number of halogens is 2. The van der Waals surface area contributed by atoms with Crippen LogP contribution in [0.4, 0.5) is 5.69 Å². The molecule has 0 aliphatic carbocycles. The van der Waals surface area contributed by atoms with Crippen LogP contribution in [0, 0.1) is 11.3 Å². The molecule has 0 atom stereocenters. The first-order chi connectivity index (χ1) is 15.4. The maximum atomic E-state index is 12.5. The largest absolute Gasteiger partial charge is 0.488 e. The number of ether oxygens (including phenoxy) is 1. The van der Waals surface area contributed by atoms with Crippen molar-refractivity contribution in [3.63, 3.8) is 0 Å². The molecule has 3 aromatic carbocycles. The quantitative estimate of drug-likeness (QED) is 0.303. The molecule has 0 aliphatic rings. The first-order valence-corrected chi connectivity index (χ1v) is 10.5. The summed E-state index contributed by atoms with van der Waals surface area (Å²) >= 11 is 9.58. The predicted octanol–water partition coefficient (Wildman–Crippen LogP) is 5.93. The fraction of sp³-hybridized carbons (Fsp3) is 0.0417. The highest BCUT2D eigenvalue weighted by Crippen LogP contribution is 2.28. The Bertz CT molecular complexity index is 1250. The molecular formula is C24H16BrClN2O4. The number of rotatable bonds is 7. The second-order valence-electron chi connectivity index (χ2n) is 6.58. The molecule has 3 rings (SSSR count). The van der Waals surface area contributed by atoms with Gasteiger partial charge < -0.3 is 15.2 Å². The summed E-state index contributed by atoms with van der Waals surface area (Å²) in [5, 5.41) is 21.6. The Kier molecular flexibility index (Phi) is 7.66. The van der Waals surface area contributed by atoms with Gasteiger partial charge in [-0.3, -0.25) is 4.79 Å². The summed E-state index contributed by atoms with van der Waals surface area (Å²) in [6, 6.07) is 20.2. The van der Waals surface area contributed by atoms with E-state index in [-0.39, 0.29) is 23.4 Å². The van der Waals surface area contributed by atoms with Crippen LogP contribution < -0.4 is 10.1 Å². The zero-order valence-electron chi connectivity index (χ0n) is 16.5. The van der Waals surface area contributed by atoms with Gasteiger partial charge in [0.25, 0.3) is 5.91 Å². The lowest BCUT2D eigenvalue weighted by molar-refractivity contribution is -0.112. The van der Waals surface area contributed by atoms with Crippen LogP contribution in [-0.2, 0) is 11.4 Å². The Labute approximate surface area is 197 Å². The fourth-order valence-corrected chi connectivity index (χ4v) is 3.44. The Morgan fingerprint density at radius 3 is 2.59 bits per heavy atom. The van der Waals surface area contributed by atoms with E-state index in [0.717, 1.165) is 5.56 Å². The molecule has 0 radical (unpaired) electrons. The number of nitrogens with zero attached hydrogens (tertiary/aromatic N) is 1. The van der Waals surface area contributed by atoms with Gasteiger partial charge in [0, 0.05) is 16.3 Å². The number of nitriles is 1. The van der Waals surface area contributed by atoms with Crippen molar-refractivity contribution in [3.8, 4) is 11.8 Å². The van der Waals surface area contributed by atoms with E-state index in [2.05, 4.69) is 21.2 Å². The van der Waals surface area contributed by atoms with Gasteiger partial charge in [0.05, 0.1) is 10.0 Å². The van der Waals surface area contributed by atoms with Crippen LogP contribution in [0.2, 0.25) is 5.02 Å². The number of benzene rings is 3. The van der Waals surface area contributed by atoms with Crippen molar-refractivity contribution in [2.75, 3.05) is 5.32 Å². The van der Waals surface area contributed by atoms with E-state index in [1.54, 1.807) is 30.3 Å². The highest BCUT2D eigenvalue weighted by atomic mass is 79.9. The standard InChI is InChI=1S/C24H16BrClN2O4/c25-20-11-15(8-9-22(20)32-14-17-4-1-2-7-21(17)26)10-18(13-27)23(29)28-19-6-3-5-16(12-19)24(30)31/h1-12H,14H2,(H,28,29)(H,30,31)/b18-10-. The van der Waals surface area contributed by atoms with Crippen LogP contribution in [0.5, 0.6) is 5.75 Å². The van der Waals surface area contributed by atoms with E-state index in [4.69, 9.17) is 21.4 Å². The predicted molar refractivity (Wildman–Crippen MR) is 126 cm³/mol. The maximum Gasteiger partial charge on any atom is 0.335 e. The van der Waals surface area contributed by atoms with Gasteiger partial charge >= 0.3 is 5.97 Å². The van der Waals surface area contributed by atoms with Gasteiger partial charge in [0.2, 0.25) is 0 Å². The van der Waals surface area contributed by atoms with Crippen LogP contribution in [0.15, 0.2) is 76.8 Å². The number of carbonyl (C=O) groups excluding carboxylic acids is 1. The van der Waals surface area contributed by atoms with Crippen molar-refractivity contribution in [1.29, 1.82) is 5.26 Å². The van der Waals surface area contributed by atoms with Crippen molar-refractivity contribution in [2.24, 2.45) is 0 Å². The van der Waals surface area contributed by atoms with Crippen LogP contribution >= 0.6 is 27.5 Å². The van der Waals surface area contributed by atoms with Gasteiger partial charge in [-0.15, -0.1) is 0 Å². The van der Waals surface area contributed by atoms with Gasteiger partial charge in [-0.1, -0.05) is 41.9 Å². The second kappa shape index (κ2) is 10.6. The molecule has 8 heteroatoms. The van der Waals surface area contributed by atoms with Crippen molar-refractivity contribution in [2.45, 2.75) is 6.61 Å². The summed E-state index contributed by atoms with van der Waals surface area (Å²) in [5.74, 6) is -1.18. The van der Waals surface area contributed by atoms with E-state index in [1.165, 1.54) is 24.3 Å². The van der Waals surface area contributed by atoms with Gasteiger partial charge in [0.15, 0.2) is 0 Å². The Morgan fingerprint density at radius 1 is 1.12 bits per heavy atom. The molecule has 6 nitrogen and oxygen atoms in total. The molecule has 0 bridgehead atoms. The molecule has 0 fully saturated rings. The normalized spacial score (nSPS) is 10.8. The minimum Gasteiger partial charge on any atom is -0.488 e. The van der Waals surface area contributed by atoms with Crippen molar-refractivity contribution in [3.05, 3.63) is 98.5 Å². The number of amides is 1. The molecule has 0 saturated carbocycles. The smallest absolute Gasteiger partial charge is 0.335 e.